The van der Waals surface area contributed by atoms with Gasteiger partial charge < -0.3 is 9.47 Å². The highest BCUT2D eigenvalue weighted by molar-refractivity contribution is 6.96. The van der Waals surface area contributed by atoms with Gasteiger partial charge in [0.05, 0.1) is 5.41 Å². The summed E-state index contributed by atoms with van der Waals surface area (Å²) in [7, 11) is 0. The topological polar surface area (TPSA) is 18.5 Å². The molecule has 0 amide bonds. The summed E-state index contributed by atoms with van der Waals surface area (Å²) in [6.07, 6.45) is 0. The van der Waals surface area contributed by atoms with Crippen LogP contribution in [0.1, 0.15) is 27.8 Å². The lowest BCUT2D eigenvalue weighted by Gasteiger charge is -2.45. The highest BCUT2D eigenvalue weighted by Crippen LogP contribution is 2.60. The molecule has 2 nitrogen and oxygen atoms in total. The van der Waals surface area contributed by atoms with Gasteiger partial charge in [0.15, 0.2) is 0 Å². The second-order valence-corrected chi connectivity index (χ2v) is 14.0. The average molecular weight is 679 g/mol. The molecule has 0 fully saturated rings. The first-order valence-electron chi connectivity index (χ1n) is 18.3. The van der Waals surface area contributed by atoms with E-state index in [0.717, 1.165) is 50.7 Å². The Bertz CT molecular complexity index is 2570. The van der Waals surface area contributed by atoms with Crippen LogP contribution in [-0.2, 0) is 5.41 Å². The summed E-state index contributed by atoms with van der Waals surface area (Å²) in [5.41, 5.74) is 13.4. The standard InChI is InChI=1S/C50H35BO2/c1-34-33-38(36-17-6-3-7-18-36)29-32-44(34)51(39-30-27-37(28-31-39)35-15-4-2-5-16-35)45-23-14-22-43-49(45)53-48-26-13-10-21-42(48)50(43)40-19-8-11-24-46(40)52-47-25-12-9-20-41(47)50/h2-33H,1H3. The first-order valence-corrected chi connectivity index (χ1v) is 18.3. The van der Waals surface area contributed by atoms with Gasteiger partial charge in [-0.2, -0.15) is 0 Å². The van der Waals surface area contributed by atoms with Gasteiger partial charge in [-0.15, -0.1) is 0 Å². The van der Waals surface area contributed by atoms with Crippen molar-refractivity contribution < 1.29 is 9.47 Å². The van der Waals surface area contributed by atoms with Gasteiger partial charge in [0.2, 0.25) is 6.71 Å². The summed E-state index contributed by atoms with van der Waals surface area (Å²) < 4.78 is 13.8. The largest absolute Gasteiger partial charge is 0.457 e. The van der Waals surface area contributed by atoms with Gasteiger partial charge in [-0.1, -0.05) is 192 Å². The van der Waals surface area contributed by atoms with Crippen molar-refractivity contribution in [1.82, 2.24) is 0 Å². The second kappa shape index (κ2) is 12.6. The molecule has 2 aliphatic rings. The minimum Gasteiger partial charge on any atom is -0.457 e. The van der Waals surface area contributed by atoms with Crippen LogP contribution < -0.4 is 25.9 Å². The fourth-order valence-corrected chi connectivity index (χ4v) is 8.72. The van der Waals surface area contributed by atoms with Crippen LogP contribution in [0.4, 0.5) is 0 Å². The Hall–Kier alpha value is -6.58. The van der Waals surface area contributed by atoms with Crippen molar-refractivity contribution in [2.45, 2.75) is 12.3 Å². The van der Waals surface area contributed by atoms with Crippen LogP contribution in [0, 0.1) is 6.92 Å². The minimum atomic E-state index is -0.653. The van der Waals surface area contributed by atoms with Crippen LogP contribution >= 0.6 is 0 Å². The molecule has 0 saturated carbocycles. The fraction of sp³-hybridized carbons (Fsp3) is 0.0400. The molecule has 0 radical (unpaired) electrons. The second-order valence-electron chi connectivity index (χ2n) is 14.0. The molecule has 0 N–H and O–H groups in total. The number of hydrogen-bond acceptors (Lipinski definition) is 2. The first-order chi connectivity index (χ1) is 26.2. The summed E-state index contributed by atoms with van der Waals surface area (Å²) in [6, 6.07) is 69.4. The minimum absolute atomic E-state index is 0.104. The molecule has 53 heavy (non-hydrogen) atoms. The van der Waals surface area contributed by atoms with Crippen molar-refractivity contribution in [3.05, 3.63) is 222 Å². The number of rotatable bonds is 5. The Labute approximate surface area is 311 Å². The normalized spacial score (nSPS) is 13.1. The highest BCUT2D eigenvalue weighted by Gasteiger charge is 2.51. The average Bonchev–Trinajstić information content (AvgIpc) is 3.22. The molecule has 8 aromatic carbocycles. The van der Waals surface area contributed by atoms with Crippen molar-refractivity contribution in [3.63, 3.8) is 0 Å². The maximum atomic E-state index is 7.18. The van der Waals surface area contributed by atoms with Crippen molar-refractivity contribution in [2.24, 2.45) is 0 Å². The van der Waals surface area contributed by atoms with Gasteiger partial charge in [-0.3, -0.25) is 0 Å². The number of para-hydroxylation sites is 4. The zero-order valence-corrected chi connectivity index (χ0v) is 29.4. The number of hydrogen-bond donors (Lipinski definition) is 0. The predicted octanol–water partition coefficient (Wildman–Crippen LogP) is 10.4. The highest BCUT2D eigenvalue weighted by atomic mass is 16.5. The van der Waals surface area contributed by atoms with Gasteiger partial charge in [0.1, 0.15) is 23.0 Å². The SMILES string of the molecule is Cc1cc(-c2ccccc2)ccc1B(c1ccc(-c2ccccc2)cc1)c1cccc2c1Oc1ccccc1C21c2ccccc2Oc2ccccc21. The third kappa shape index (κ3) is 4.96. The van der Waals surface area contributed by atoms with Gasteiger partial charge in [0.25, 0.3) is 0 Å². The van der Waals surface area contributed by atoms with E-state index in [0.29, 0.717) is 0 Å². The Balaban J connectivity index is 1.23. The molecule has 2 heterocycles. The Morgan fingerprint density at radius 1 is 0.377 bits per heavy atom. The number of benzene rings is 8. The Morgan fingerprint density at radius 3 is 1.43 bits per heavy atom. The summed E-state index contributed by atoms with van der Waals surface area (Å²) >= 11 is 0. The quantitative estimate of drug-likeness (QED) is 0.169. The van der Waals surface area contributed by atoms with Crippen molar-refractivity contribution in [1.29, 1.82) is 0 Å². The van der Waals surface area contributed by atoms with Crippen molar-refractivity contribution in [2.75, 3.05) is 0 Å². The lowest BCUT2D eigenvalue weighted by Crippen LogP contribution is -2.54. The maximum Gasteiger partial charge on any atom is 0.246 e. The zero-order chi connectivity index (χ0) is 35.4. The molecule has 0 bridgehead atoms. The van der Waals surface area contributed by atoms with Gasteiger partial charge in [-0.25, -0.2) is 0 Å². The molecule has 0 unspecified atom stereocenters. The number of aryl methyl sites for hydroxylation is 1. The molecule has 2 aliphatic heterocycles. The van der Waals surface area contributed by atoms with Crippen LogP contribution in [0.15, 0.2) is 194 Å². The smallest absolute Gasteiger partial charge is 0.246 e. The van der Waals surface area contributed by atoms with Gasteiger partial charge >= 0.3 is 0 Å². The van der Waals surface area contributed by atoms with E-state index in [9.17, 15) is 0 Å². The lowest BCUT2D eigenvalue weighted by molar-refractivity contribution is 0.401. The van der Waals surface area contributed by atoms with Crippen LogP contribution in [-0.4, -0.2) is 6.71 Å². The monoisotopic (exact) mass is 678 g/mol. The van der Waals surface area contributed by atoms with E-state index in [1.165, 1.54) is 38.7 Å². The van der Waals surface area contributed by atoms with E-state index >= 15 is 0 Å². The fourth-order valence-electron chi connectivity index (χ4n) is 8.72. The summed E-state index contributed by atoms with van der Waals surface area (Å²) in [6.45, 7) is 2.14. The molecule has 250 valence electrons. The van der Waals surface area contributed by atoms with Gasteiger partial charge in [0, 0.05) is 22.3 Å². The summed E-state index contributed by atoms with van der Waals surface area (Å²) in [5.74, 6) is 3.47. The molecule has 0 aromatic heterocycles. The Kier molecular flexibility index (Phi) is 7.40. The van der Waals surface area contributed by atoms with Crippen LogP contribution in [0.25, 0.3) is 22.3 Å². The molecule has 8 aromatic rings. The third-order valence-electron chi connectivity index (χ3n) is 11.1. The number of ether oxygens (including phenoxy) is 2. The van der Waals surface area contributed by atoms with Crippen molar-refractivity contribution >= 4 is 23.1 Å². The zero-order valence-electron chi connectivity index (χ0n) is 29.4. The van der Waals surface area contributed by atoms with Gasteiger partial charge in [-0.05, 0) is 52.8 Å². The van der Waals surface area contributed by atoms with E-state index in [1.807, 2.05) is 0 Å². The molecule has 0 saturated heterocycles. The van der Waals surface area contributed by atoms with E-state index in [1.54, 1.807) is 0 Å². The maximum absolute atomic E-state index is 7.18. The van der Waals surface area contributed by atoms with Crippen LogP contribution in [0.2, 0.25) is 0 Å². The molecular formula is C50H35BO2. The third-order valence-corrected chi connectivity index (χ3v) is 11.1. The van der Waals surface area contributed by atoms with Crippen molar-refractivity contribution in [3.8, 4) is 45.3 Å². The molecule has 3 heteroatoms. The molecule has 1 spiro atoms. The number of fused-ring (bicyclic) bond motifs is 8. The summed E-state index contributed by atoms with van der Waals surface area (Å²) in [4.78, 5) is 0. The Morgan fingerprint density at radius 2 is 0.849 bits per heavy atom. The first kappa shape index (κ1) is 31.2. The summed E-state index contributed by atoms with van der Waals surface area (Å²) in [5, 5.41) is 0. The van der Waals surface area contributed by atoms with E-state index in [2.05, 4.69) is 201 Å². The lowest BCUT2D eigenvalue weighted by atomic mass is 9.35. The van der Waals surface area contributed by atoms with E-state index < -0.39 is 5.41 Å². The molecule has 0 aliphatic carbocycles. The van der Waals surface area contributed by atoms with E-state index in [-0.39, 0.29) is 6.71 Å². The van der Waals surface area contributed by atoms with Crippen LogP contribution in [0.3, 0.4) is 0 Å². The van der Waals surface area contributed by atoms with E-state index in [4.69, 9.17) is 9.47 Å². The molecular weight excluding hydrogens is 643 g/mol. The van der Waals surface area contributed by atoms with Crippen LogP contribution in [0.5, 0.6) is 23.0 Å². The predicted molar refractivity (Wildman–Crippen MR) is 218 cm³/mol. The molecule has 10 rings (SSSR count). The molecule has 0 atom stereocenters.